The van der Waals surface area contributed by atoms with E-state index in [1.165, 1.54) is 7.11 Å². The molecule has 0 bridgehead atoms. The molecule has 2 amide bonds. The van der Waals surface area contributed by atoms with Crippen LogP contribution in [0.4, 0.5) is 10.5 Å². The predicted molar refractivity (Wildman–Crippen MR) is 84.4 cm³/mol. The number of methoxy groups -OCH3 is 2. The summed E-state index contributed by atoms with van der Waals surface area (Å²) in [4.78, 5) is 16.1. The maximum atomic E-state index is 12.1. The summed E-state index contributed by atoms with van der Waals surface area (Å²) >= 11 is 0. The lowest BCUT2D eigenvalue weighted by atomic mass is 10.1. The Morgan fingerprint density at radius 2 is 2.05 bits per heavy atom. The normalized spacial score (nSPS) is 11.4. The quantitative estimate of drug-likeness (QED) is 0.890. The molecule has 6 heteroatoms. The van der Waals surface area contributed by atoms with Crippen molar-refractivity contribution in [3.05, 3.63) is 48.3 Å². The first kappa shape index (κ1) is 15.6. The van der Waals surface area contributed by atoms with E-state index in [0.717, 1.165) is 5.56 Å². The Balaban J connectivity index is 2.03. The molecule has 2 aromatic rings. The van der Waals surface area contributed by atoms with Crippen molar-refractivity contribution in [1.82, 2.24) is 10.3 Å². The van der Waals surface area contributed by atoms with E-state index in [1.54, 1.807) is 37.7 Å². The fourth-order valence-electron chi connectivity index (χ4n) is 1.97. The van der Waals surface area contributed by atoms with Crippen molar-refractivity contribution in [1.29, 1.82) is 0 Å². The number of pyridine rings is 1. The molecule has 6 nitrogen and oxygen atoms in total. The predicted octanol–water partition coefficient (Wildman–Crippen LogP) is 2.98. The number of rotatable bonds is 5. The Labute approximate surface area is 129 Å². The van der Waals surface area contributed by atoms with Crippen molar-refractivity contribution in [3.8, 4) is 11.5 Å². The molecule has 1 aromatic heterocycles. The van der Waals surface area contributed by atoms with Crippen molar-refractivity contribution in [2.75, 3.05) is 19.5 Å². The number of amides is 2. The number of hydrogen-bond acceptors (Lipinski definition) is 4. The van der Waals surface area contributed by atoms with E-state index >= 15 is 0 Å². The molecule has 1 atom stereocenters. The van der Waals surface area contributed by atoms with Crippen LogP contribution < -0.4 is 20.1 Å². The van der Waals surface area contributed by atoms with E-state index in [-0.39, 0.29) is 12.1 Å². The van der Waals surface area contributed by atoms with Gasteiger partial charge in [0.05, 0.1) is 25.9 Å². The highest BCUT2D eigenvalue weighted by Crippen LogP contribution is 2.29. The van der Waals surface area contributed by atoms with Gasteiger partial charge in [-0.3, -0.25) is 4.98 Å². The number of benzene rings is 1. The van der Waals surface area contributed by atoms with Crippen molar-refractivity contribution < 1.29 is 14.3 Å². The number of aromatic nitrogens is 1. The van der Waals surface area contributed by atoms with Gasteiger partial charge in [0.25, 0.3) is 0 Å². The van der Waals surface area contributed by atoms with Crippen LogP contribution in [-0.2, 0) is 0 Å². The highest BCUT2D eigenvalue weighted by molar-refractivity contribution is 5.91. The molecule has 0 saturated carbocycles. The Kier molecular flexibility index (Phi) is 5.19. The smallest absolute Gasteiger partial charge is 0.319 e. The SMILES string of the molecule is COc1ccc(NC(=O)N[C@@H](C)c2cccnc2)c(OC)c1. The standard InChI is InChI=1S/C16H19N3O3/c1-11(12-5-4-8-17-10-12)18-16(20)19-14-7-6-13(21-2)9-15(14)22-3/h4-11H,1-3H3,(H2,18,19,20)/t11-/m0/s1. The van der Waals surface area contributed by atoms with Crippen LogP contribution in [0.1, 0.15) is 18.5 Å². The maximum absolute atomic E-state index is 12.1. The molecule has 1 heterocycles. The fraction of sp³-hybridized carbons (Fsp3) is 0.250. The first-order valence-corrected chi connectivity index (χ1v) is 6.83. The zero-order valence-corrected chi connectivity index (χ0v) is 12.8. The first-order chi connectivity index (χ1) is 10.6. The lowest BCUT2D eigenvalue weighted by molar-refractivity contribution is 0.249. The number of urea groups is 1. The fourth-order valence-corrected chi connectivity index (χ4v) is 1.97. The van der Waals surface area contributed by atoms with Crippen LogP contribution in [-0.4, -0.2) is 25.2 Å². The summed E-state index contributed by atoms with van der Waals surface area (Å²) in [5, 5.41) is 5.61. The van der Waals surface area contributed by atoms with Gasteiger partial charge in [-0.25, -0.2) is 4.79 Å². The van der Waals surface area contributed by atoms with E-state index in [2.05, 4.69) is 15.6 Å². The second-order valence-electron chi connectivity index (χ2n) is 4.67. The summed E-state index contributed by atoms with van der Waals surface area (Å²) in [6.45, 7) is 1.89. The van der Waals surface area contributed by atoms with E-state index in [0.29, 0.717) is 17.2 Å². The number of nitrogens with zero attached hydrogens (tertiary/aromatic N) is 1. The van der Waals surface area contributed by atoms with E-state index in [9.17, 15) is 4.79 Å². The van der Waals surface area contributed by atoms with Crippen molar-refractivity contribution in [3.63, 3.8) is 0 Å². The lowest BCUT2D eigenvalue weighted by Gasteiger charge is -2.16. The molecule has 0 aliphatic rings. The van der Waals surface area contributed by atoms with Crippen LogP contribution in [0.25, 0.3) is 0 Å². The molecular formula is C16H19N3O3. The molecule has 0 spiro atoms. The largest absolute Gasteiger partial charge is 0.497 e. The molecule has 0 unspecified atom stereocenters. The molecule has 22 heavy (non-hydrogen) atoms. The minimum absolute atomic E-state index is 0.155. The van der Waals surface area contributed by atoms with Crippen LogP contribution in [0, 0.1) is 0 Å². The molecular weight excluding hydrogens is 282 g/mol. The average molecular weight is 301 g/mol. The molecule has 0 aliphatic carbocycles. The number of carbonyl (C=O) groups excluding carboxylic acids is 1. The van der Waals surface area contributed by atoms with Gasteiger partial charge in [-0.1, -0.05) is 6.07 Å². The summed E-state index contributed by atoms with van der Waals surface area (Å²) in [6.07, 6.45) is 3.41. The van der Waals surface area contributed by atoms with Gasteiger partial charge in [0.1, 0.15) is 11.5 Å². The monoisotopic (exact) mass is 301 g/mol. The zero-order chi connectivity index (χ0) is 15.9. The minimum Gasteiger partial charge on any atom is -0.497 e. The number of ether oxygens (including phenoxy) is 2. The lowest BCUT2D eigenvalue weighted by Crippen LogP contribution is -2.31. The second-order valence-corrected chi connectivity index (χ2v) is 4.67. The second kappa shape index (κ2) is 7.31. The van der Waals surface area contributed by atoms with Crippen LogP contribution in [0.15, 0.2) is 42.7 Å². The highest BCUT2D eigenvalue weighted by atomic mass is 16.5. The molecule has 1 aromatic carbocycles. The summed E-state index contributed by atoms with van der Waals surface area (Å²) in [7, 11) is 3.11. The third kappa shape index (κ3) is 3.88. The average Bonchev–Trinajstić information content (AvgIpc) is 2.55. The number of hydrogen-bond donors (Lipinski definition) is 2. The maximum Gasteiger partial charge on any atom is 0.319 e. The molecule has 2 rings (SSSR count). The van der Waals surface area contributed by atoms with Crippen LogP contribution in [0.3, 0.4) is 0 Å². The Bertz CT molecular complexity index is 632. The Hall–Kier alpha value is -2.76. The van der Waals surface area contributed by atoms with Crippen molar-refractivity contribution in [2.45, 2.75) is 13.0 Å². The Morgan fingerprint density at radius 1 is 1.23 bits per heavy atom. The first-order valence-electron chi connectivity index (χ1n) is 6.83. The van der Waals surface area contributed by atoms with Crippen molar-refractivity contribution in [2.24, 2.45) is 0 Å². The summed E-state index contributed by atoms with van der Waals surface area (Å²) in [6, 6.07) is 8.45. The number of anilines is 1. The van der Waals surface area contributed by atoms with Crippen LogP contribution in [0.2, 0.25) is 0 Å². The van der Waals surface area contributed by atoms with Crippen LogP contribution in [0.5, 0.6) is 11.5 Å². The molecule has 0 fully saturated rings. The Morgan fingerprint density at radius 3 is 2.68 bits per heavy atom. The van der Waals surface area contributed by atoms with Gasteiger partial charge >= 0.3 is 6.03 Å². The van der Waals surface area contributed by atoms with Gasteiger partial charge < -0.3 is 20.1 Å². The van der Waals surface area contributed by atoms with Crippen LogP contribution >= 0.6 is 0 Å². The van der Waals surface area contributed by atoms with Crippen molar-refractivity contribution >= 4 is 11.7 Å². The molecule has 2 N–H and O–H groups in total. The molecule has 0 saturated heterocycles. The van der Waals surface area contributed by atoms with Gasteiger partial charge in [0.15, 0.2) is 0 Å². The van der Waals surface area contributed by atoms with Gasteiger partial charge in [0.2, 0.25) is 0 Å². The highest BCUT2D eigenvalue weighted by Gasteiger charge is 2.12. The summed E-state index contributed by atoms with van der Waals surface area (Å²) in [5.41, 5.74) is 1.50. The van der Waals surface area contributed by atoms with Gasteiger partial charge in [-0.2, -0.15) is 0 Å². The van der Waals surface area contributed by atoms with Gasteiger partial charge in [0, 0.05) is 18.5 Å². The number of carbonyl (C=O) groups is 1. The molecule has 116 valence electrons. The van der Waals surface area contributed by atoms with E-state index in [4.69, 9.17) is 9.47 Å². The molecule has 0 radical (unpaired) electrons. The zero-order valence-electron chi connectivity index (χ0n) is 12.8. The minimum atomic E-state index is -0.320. The van der Waals surface area contributed by atoms with E-state index < -0.39 is 0 Å². The van der Waals surface area contributed by atoms with Gasteiger partial charge in [-0.15, -0.1) is 0 Å². The summed E-state index contributed by atoms with van der Waals surface area (Å²) in [5.74, 6) is 1.19. The number of nitrogens with one attached hydrogen (secondary N) is 2. The third-order valence-electron chi connectivity index (χ3n) is 3.19. The third-order valence-corrected chi connectivity index (χ3v) is 3.19. The van der Waals surface area contributed by atoms with Gasteiger partial charge in [-0.05, 0) is 30.7 Å². The summed E-state index contributed by atoms with van der Waals surface area (Å²) < 4.78 is 10.4. The van der Waals surface area contributed by atoms with E-state index in [1.807, 2.05) is 19.1 Å². The topological polar surface area (TPSA) is 72.5 Å². The molecule has 0 aliphatic heterocycles.